The van der Waals surface area contributed by atoms with Crippen molar-refractivity contribution in [1.29, 1.82) is 0 Å². The van der Waals surface area contributed by atoms with E-state index in [0.717, 1.165) is 19.1 Å². The number of rotatable bonds is 2. The van der Waals surface area contributed by atoms with Gasteiger partial charge in [-0.05, 0) is 12.8 Å². The van der Waals surface area contributed by atoms with Gasteiger partial charge < -0.3 is 11.1 Å². The van der Waals surface area contributed by atoms with Crippen LogP contribution in [0.5, 0.6) is 0 Å². The van der Waals surface area contributed by atoms with E-state index >= 15 is 0 Å². The van der Waals surface area contributed by atoms with Gasteiger partial charge in [0, 0.05) is 38.3 Å². The largest absolute Gasteiger partial charge is 0.329 e. The molecule has 0 aromatic carbocycles. The average molecular weight is 155 g/mol. The van der Waals surface area contributed by atoms with E-state index in [1.165, 1.54) is 25.9 Å². The molecule has 0 radical (unpaired) electrons. The lowest BCUT2D eigenvalue weighted by Crippen LogP contribution is -2.54. The molecule has 3 nitrogen and oxygen atoms in total. The first-order valence-electron chi connectivity index (χ1n) is 4.57. The second-order valence-electron chi connectivity index (χ2n) is 3.61. The van der Waals surface area contributed by atoms with Crippen LogP contribution in [0.4, 0.5) is 0 Å². The molecule has 1 saturated heterocycles. The van der Waals surface area contributed by atoms with E-state index < -0.39 is 0 Å². The van der Waals surface area contributed by atoms with Gasteiger partial charge >= 0.3 is 0 Å². The Hall–Kier alpha value is -0.120. The fourth-order valence-electron chi connectivity index (χ4n) is 1.78. The van der Waals surface area contributed by atoms with Crippen LogP contribution in [0.15, 0.2) is 0 Å². The number of hydrogen-bond acceptors (Lipinski definition) is 3. The number of hydrogen-bond donors (Lipinski definition) is 2. The Balaban J connectivity index is 1.82. The molecule has 0 bridgehead atoms. The Labute approximate surface area is 67.9 Å². The van der Waals surface area contributed by atoms with Crippen molar-refractivity contribution in [3.05, 3.63) is 0 Å². The standard InChI is InChI=1S/C8H17N3/c9-5-7-6-11(4-3-10-7)8-1-2-8/h7-8,10H,1-6,9H2. The van der Waals surface area contributed by atoms with Crippen LogP contribution in [0.25, 0.3) is 0 Å². The molecule has 64 valence electrons. The minimum atomic E-state index is 0.546. The third kappa shape index (κ3) is 1.72. The van der Waals surface area contributed by atoms with Gasteiger partial charge in [0.15, 0.2) is 0 Å². The molecular weight excluding hydrogens is 138 g/mol. The molecule has 1 atom stereocenters. The Morgan fingerprint density at radius 1 is 1.45 bits per heavy atom. The second kappa shape index (κ2) is 3.09. The lowest BCUT2D eigenvalue weighted by atomic mass is 10.2. The van der Waals surface area contributed by atoms with E-state index in [1.807, 2.05) is 0 Å². The van der Waals surface area contributed by atoms with Crippen molar-refractivity contribution in [2.24, 2.45) is 5.73 Å². The minimum absolute atomic E-state index is 0.546. The van der Waals surface area contributed by atoms with Crippen molar-refractivity contribution in [2.75, 3.05) is 26.2 Å². The van der Waals surface area contributed by atoms with E-state index in [1.54, 1.807) is 0 Å². The number of nitrogens with zero attached hydrogens (tertiary/aromatic N) is 1. The maximum Gasteiger partial charge on any atom is 0.0318 e. The maximum atomic E-state index is 5.60. The predicted octanol–water partition coefficient (Wildman–Crippen LogP) is -0.619. The zero-order chi connectivity index (χ0) is 7.68. The molecule has 0 amide bonds. The molecule has 2 aliphatic rings. The first-order chi connectivity index (χ1) is 5.40. The number of piperazine rings is 1. The van der Waals surface area contributed by atoms with Crippen LogP contribution in [0.1, 0.15) is 12.8 Å². The lowest BCUT2D eigenvalue weighted by molar-refractivity contribution is 0.194. The fourth-order valence-corrected chi connectivity index (χ4v) is 1.78. The highest BCUT2D eigenvalue weighted by atomic mass is 15.2. The summed E-state index contributed by atoms with van der Waals surface area (Å²) in [6.07, 6.45) is 2.83. The van der Waals surface area contributed by atoms with Gasteiger partial charge in [0.1, 0.15) is 0 Å². The van der Waals surface area contributed by atoms with E-state index in [2.05, 4.69) is 10.2 Å². The fraction of sp³-hybridized carbons (Fsp3) is 1.00. The normalized spacial score (nSPS) is 34.1. The van der Waals surface area contributed by atoms with Crippen LogP contribution in [0.2, 0.25) is 0 Å². The van der Waals surface area contributed by atoms with Gasteiger partial charge in [-0.1, -0.05) is 0 Å². The van der Waals surface area contributed by atoms with Crippen molar-refractivity contribution in [3.63, 3.8) is 0 Å². The topological polar surface area (TPSA) is 41.3 Å². The summed E-state index contributed by atoms with van der Waals surface area (Å²) < 4.78 is 0. The van der Waals surface area contributed by atoms with Crippen LogP contribution >= 0.6 is 0 Å². The number of nitrogens with two attached hydrogens (primary N) is 1. The molecule has 1 saturated carbocycles. The summed E-state index contributed by atoms with van der Waals surface area (Å²) in [4.78, 5) is 2.58. The Morgan fingerprint density at radius 2 is 2.27 bits per heavy atom. The van der Waals surface area contributed by atoms with Gasteiger partial charge in [-0.3, -0.25) is 4.90 Å². The highest BCUT2D eigenvalue weighted by Crippen LogP contribution is 2.27. The van der Waals surface area contributed by atoms with Crippen molar-refractivity contribution < 1.29 is 0 Å². The van der Waals surface area contributed by atoms with Crippen LogP contribution in [0.3, 0.4) is 0 Å². The lowest BCUT2D eigenvalue weighted by Gasteiger charge is -2.33. The van der Waals surface area contributed by atoms with Gasteiger partial charge in [0.25, 0.3) is 0 Å². The molecule has 3 heteroatoms. The van der Waals surface area contributed by atoms with E-state index in [4.69, 9.17) is 5.73 Å². The molecule has 1 heterocycles. The van der Waals surface area contributed by atoms with E-state index in [0.29, 0.717) is 6.04 Å². The van der Waals surface area contributed by atoms with Gasteiger partial charge in [-0.25, -0.2) is 0 Å². The van der Waals surface area contributed by atoms with Gasteiger partial charge in [0.05, 0.1) is 0 Å². The van der Waals surface area contributed by atoms with Gasteiger partial charge in [0.2, 0.25) is 0 Å². The summed E-state index contributed by atoms with van der Waals surface area (Å²) in [5, 5.41) is 3.41. The molecule has 3 N–H and O–H groups in total. The SMILES string of the molecule is NCC1CN(C2CC2)CCN1. The zero-order valence-corrected chi connectivity index (χ0v) is 6.92. The number of nitrogens with one attached hydrogen (secondary N) is 1. The van der Waals surface area contributed by atoms with Crippen molar-refractivity contribution in [1.82, 2.24) is 10.2 Å². The van der Waals surface area contributed by atoms with Crippen molar-refractivity contribution in [3.8, 4) is 0 Å². The Morgan fingerprint density at radius 3 is 2.91 bits per heavy atom. The van der Waals surface area contributed by atoms with Crippen LogP contribution < -0.4 is 11.1 Å². The summed E-state index contributed by atoms with van der Waals surface area (Å²) >= 11 is 0. The maximum absolute atomic E-state index is 5.60. The third-order valence-corrected chi connectivity index (χ3v) is 2.63. The quantitative estimate of drug-likeness (QED) is 0.558. The van der Waals surface area contributed by atoms with Crippen LogP contribution in [-0.4, -0.2) is 43.2 Å². The van der Waals surface area contributed by atoms with Crippen LogP contribution in [-0.2, 0) is 0 Å². The summed E-state index contributed by atoms with van der Waals surface area (Å²) in [5.41, 5.74) is 5.60. The van der Waals surface area contributed by atoms with Gasteiger partial charge in [-0.2, -0.15) is 0 Å². The second-order valence-corrected chi connectivity index (χ2v) is 3.61. The van der Waals surface area contributed by atoms with E-state index in [9.17, 15) is 0 Å². The third-order valence-electron chi connectivity index (χ3n) is 2.63. The highest BCUT2D eigenvalue weighted by molar-refractivity contribution is 4.90. The molecule has 0 aromatic heterocycles. The van der Waals surface area contributed by atoms with E-state index in [-0.39, 0.29) is 0 Å². The predicted molar refractivity (Wildman–Crippen MR) is 45.4 cm³/mol. The highest BCUT2D eigenvalue weighted by Gasteiger charge is 2.31. The smallest absolute Gasteiger partial charge is 0.0318 e. The zero-order valence-electron chi connectivity index (χ0n) is 6.92. The molecule has 2 rings (SSSR count). The molecule has 0 spiro atoms. The molecule has 0 aromatic rings. The molecule has 1 unspecified atom stereocenters. The molecule has 2 fully saturated rings. The average Bonchev–Trinajstić information content (AvgIpc) is 2.87. The first kappa shape index (κ1) is 7.53. The monoisotopic (exact) mass is 155 g/mol. The first-order valence-corrected chi connectivity index (χ1v) is 4.57. The summed E-state index contributed by atoms with van der Waals surface area (Å²) in [6, 6.07) is 1.45. The minimum Gasteiger partial charge on any atom is -0.329 e. The Bertz CT molecular complexity index is 133. The van der Waals surface area contributed by atoms with Crippen molar-refractivity contribution >= 4 is 0 Å². The summed E-state index contributed by atoms with van der Waals surface area (Å²) in [5.74, 6) is 0. The van der Waals surface area contributed by atoms with Crippen molar-refractivity contribution in [2.45, 2.75) is 24.9 Å². The molecular formula is C8H17N3. The molecule has 1 aliphatic carbocycles. The summed E-state index contributed by atoms with van der Waals surface area (Å²) in [6.45, 7) is 4.30. The van der Waals surface area contributed by atoms with Gasteiger partial charge in [-0.15, -0.1) is 0 Å². The molecule has 11 heavy (non-hydrogen) atoms. The molecule has 1 aliphatic heterocycles. The van der Waals surface area contributed by atoms with Crippen LogP contribution in [0, 0.1) is 0 Å². The Kier molecular flexibility index (Phi) is 2.11. The summed E-state index contributed by atoms with van der Waals surface area (Å²) in [7, 11) is 0.